The zero-order valence-corrected chi connectivity index (χ0v) is 15.7. The molecule has 2 N–H and O–H groups in total. The summed E-state index contributed by atoms with van der Waals surface area (Å²) in [6, 6.07) is 4.25. The molecular formula is C19H27NO6. The fraction of sp³-hybridized carbons (Fsp3) is 0.474. The summed E-state index contributed by atoms with van der Waals surface area (Å²) >= 11 is 0. The van der Waals surface area contributed by atoms with Crippen LogP contribution in [-0.2, 0) is 27.3 Å². The largest absolute Gasteiger partial charge is 0.489 e. The van der Waals surface area contributed by atoms with Crippen LogP contribution in [0.25, 0.3) is 0 Å². The first-order chi connectivity index (χ1) is 12.2. The molecule has 0 unspecified atom stereocenters. The van der Waals surface area contributed by atoms with E-state index >= 15 is 0 Å². The number of carbonyl (C=O) groups excluding carboxylic acids is 2. The van der Waals surface area contributed by atoms with Crippen molar-refractivity contribution < 1.29 is 28.9 Å². The van der Waals surface area contributed by atoms with Crippen LogP contribution in [0.5, 0.6) is 5.75 Å². The van der Waals surface area contributed by atoms with Gasteiger partial charge in [0.15, 0.2) is 0 Å². The Balaban J connectivity index is 2.92. The van der Waals surface area contributed by atoms with Crippen LogP contribution in [0.3, 0.4) is 0 Å². The van der Waals surface area contributed by atoms with Gasteiger partial charge in [0, 0.05) is 12.0 Å². The van der Waals surface area contributed by atoms with Gasteiger partial charge in [0.05, 0.1) is 13.7 Å². The third-order valence-electron chi connectivity index (χ3n) is 3.27. The molecule has 0 bridgehead atoms. The second-order valence-corrected chi connectivity index (χ2v) is 6.63. The van der Waals surface area contributed by atoms with Gasteiger partial charge in [-0.15, -0.1) is 0 Å². The first kappa shape index (κ1) is 21.5. The van der Waals surface area contributed by atoms with Crippen LogP contribution in [-0.4, -0.2) is 42.5 Å². The minimum atomic E-state index is -0.915. The highest BCUT2D eigenvalue weighted by molar-refractivity contribution is 5.81. The molecule has 0 spiro atoms. The Morgan fingerprint density at radius 1 is 1.35 bits per heavy atom. The maximum absolute atomic E-state index is 12.0. The van der Waals surface area contributed by atoms with Crippen LogP contribution >= 0.6 is 0 Å². The van der Waals surface area contributed by atoms with Crippen LogP contribution in [0.2, 0.25) is 0 Å². The number of amides is 1. The second-order valence-electron chi connectivity index (χ2n) is 6.63. The van der Waals surface area contributed by atoms with Crippen molar-refractivity contribution in [3.05, 3.63) is 42.0 Å². The van der Waals surface area contributed by atoms with Crippen molar-refractivity contribution in [3.8, 4) is 5.75 Å². The number of benzene rings is 1. The molecule has 0 aromatic heterocycles. The number of hydrogen-bond acceptors (Lipinski definition) is 6. The van der Waals surface area contributed by atoms with E-state index in [9.17, 15) is 14.7 Å². The van der Waals surface area contributed by atoms with E-state index in [4.69, 9.17) is 14.2 Å². The molecule has 7 nitrogen and oxygen atoms in total. The number of aliphatic hydroxyl groups is 1. The number of hydrogen-bond donors (Lipinski definition) is 2. The van der Waals surface area contributed by atoms with Gasteiger partial charge < -0.3 is 24.6 Å². The van der Waals surface area contributed by atoms with Gasteiger partial charge in [0.2, 0.25) is 0 Å². The fourth-order valence-corrected chi connectivity index (χ4v) is 2.19. The van der Waals surface area contributed by atoms with Gasteiger partial charge in [0.25, 0.3) is 0 Å². The molecule has 1 rings (SSSR count). The predicted octanol–water partition coefficient (Wildman–Crippen LogP) is 2.35. The molecule has 0 heterocycles. The molecule has 144 valence electrons. The molecule has 1 aromatic carbocycles. The molecule has 1 atom stereocenters. The summed E-state index contributed by atoms with van der Waals surface area (Å²) in [5.41, 5.74) is 0.621. The molecule has 7 heteroatoms. The van der Waals surface area contributed by atoms with Crippen LogP contribution in [0.4, 0.5) is 4.79 Å². The second kappa shape index (κ2) is 9.82. The Labute approximate surface area is 153 Å². The number of methoxy groups -OCH3 is 1. The van der Waals surface area contributed by atoms with E-state index < -0.39 is 23.7 Å². The van der Waals surface area contributed by atoms with E-state index in [0.29, 0.717) is 17.9 Å². The van der Waals surface area contributed by atoms with Gasteiger partial charge in [-0.1, -0.05) is 18.7 Å². The van der Waals surface area contributed by atoms with Gasteiger partial charge >= 0.3 is 12.1 Å². The predicted molar refractivity (Wildman–Crippen MR) is 96.9 cm³/mol. The van der Waals surface area contributed by atoms with E-state index in [1.165, 1.54) is 7.11 Å². The molecule has 0 radical (unpaired) electrons. The van der Waals surface area contributed by atoms with Gasteiger partial charge in [-0.25, -0.2) is 9.59 Å². The summed E-state index contributed by atoms with van der Waals surface area (Å²) in [5.74, 6) is -0.0562. The van der Waals surface area contributed by atoms with Gasteiger partial charge in [0.1, 0.15) is 24.0 Å². The summed E-state index contributed by atoms with van der Waals surface area (Å²) in [4.78, 5) is 24.0. The lowest BCUT2D eigenvalue weighted by atomic mass is 10.0. The van der Waals surface area contributed by atoms with Crippen molar-refractivity contribution >= 4 is 12.1 Å². The Hall–Kier alpha value is -2.54. The van der Waals surface area contributed by atoms with Crippen molar-refractivity contribution in [2.24, 2.45) is 0 Å². The lowest BCUT2D eigenvalue weighted by Gasteiger charge is -2.23. The lowest BCUT2D eigenvalue weighted by Crippen LogP contribution is -2.45. The summed E-state index contributed by atoms with van der Waals surface area (Å²) in [6.07, 6.45) is 1.08. The van der Waals surface area contributed by atoms with Crippen molar-refractivity contribution in [1.29, 1.82) is 0 Å². The van der Waals surface area contributed by atoms with Gasteiger partial charge in [-0.3, -0.25) is 0 Å². The summed E-state index contributed by atoms with van der Waals surface area (Å²) in [6.45, 7) is 8.87. The van der Waals surface area contributed by atoms with Crippen molar-refractivity contribution in [1.82, 2.24) is 5.32 Å². The molecule has 0 aliphatic carbocycles. The van der Waals surface area contributed by atoms with Crippen LogP contribution in [0, 0.1) is 0 Å². The van der Waals surface area contributed by atoms with Crippen molar-refractivity contribution in [2.45, 2.75) is 45.4 Å². The molecule has 26 heavy (non-hydrogen) atoms. The SMILES string of the molecule is C=CCOc1ccc(C[C@H](NC(=O)OC(C)(C)C)C(=O)OC)cc1CO. The lowest BCUT2D eigenvalue weighted by molar-refractivity contribution is -0.143. The molecule has 0 saturated carbocycles. The zero-order valence-electron chi connectivity index (χ0n) is 15.7. The van der Waals surface area contributed by atoms with E-state index in [-0.39, 0.29) is 13.0 Å². The van der Waals surface area contributed by atoms with Crippen LogP contribution < -0.4 is 10.1 Å². The Bertz CT molecular complexity index is 635. The summed E-state index contributed by atoms with van der Waals surface area (Å²) < 4.78 is 15.4. The minimum absolute atomic E-state index is 0.181. The number of ether oxygens (including phenoxy) is 3. The van der Waals surface area contributed by atoms with E-state index in [0.717, 1.165) is 5.56 Å². The summed E-state index contributed by atoms with van der Waals surface area (Å²) in [7, 11) is 1.25. The Morgan fingerprint density at radius 2 is 2.04 bits per heavy atom. The number of aliphatic hydroxyl groups excluding tert-OH is 1. The third-order valence-corrected chi connectivity index (χ3v) is 3.27. The molecule has 0 aliphatic heterocycles. The van der Waals surface area contributed by atoms with Gasteiger partial charge in [-0.05, 0) is 38.5 Å². The minimum Gasteiger partial charge on any atom is -0.489 e. The fourth-order valence-electron chi connectivity index (χ4n) is 2.19. The average Bonchev–Trinajstić information content (AvgIpc) is 2.57. The Morgan fingerprint density at radius 3 is 2.58 bits per heavy atom. The topological polar surface area (TPSA) is 94.1 Å². The number of alkyl carbamates (subject to hydrolysis) is 1. The molecule has 1 aromatic rings. The quantitative estimate of drug-likeness (QED) is 0.542. The summed E-state index contributed by atoms with van der Waals surface area (Å²) in [5, 5.41) is 12.0. The molecule has 0 fully saturated rings. The highest BCUT2D eigenvalue weighted by Gasteiger charge is 2.25. The van der Waals surface area contributed by atoms with Gasteiger partial charge in [-0.2, -0.15) is 0 Å². The maximum atomic E-state index is 12.0. The Kier molecular flexibility index (Phi) is 8.12. The molecular weight excluding hydrogens is 338 g/mol. The number of nitrogens with one attached hydrogen (secondary N) is 1. The molecule has 0 aliphatic rings. The average molecular weight is 365 g/mol. The van der Waals surface area contributed by atoms with Crippen molar-refractivity contribution in [3.63, 3.8) is 0 Å². The number of rotatable bonds is 8. The smallest absolute Gasteiger partial charge is 0.408 e. The van der Waals surface area contributed by atoms with E-state index in [1.807, 2.05) is 0 Å². The highest BCUT2D eigenvalue weighted by atomic mass is 16.6. The number of esters is 1. The first-order valence-corrected chi connectivity index (χ1v) is 8.24. The number of carbonyl (C=O) groups is 2. The molecule has 0 saturated heterocycles. The zero-order chi connectivity index (χ0) is 19.7. The van der Waals surface area contributed by atoms with Crippen LogP contribution in [0.15, 0.2) is 30.9 Å². The monoisotopic (exact) mass is 365 g/mol. The van der Waals surface area contributed by atoms with Crippen molar-refractivity contribution in [2.75, 3.05) is 13.7 Å². The first-order valence-electron chi connectivity index (χ1n) is 8.24. The standard InChI is InChI=1S/C19H27NO6/c1-6-9-25-16-8-7-13(10-14(16)12-21)11-15(17(22)24-5)20-18(23)26-19(2,3)4/h6-8,10,15,21H,1,9,11-12H2,2-5H3,(H,20,23)/t15-/m0/s1. The van der Waals surface area contributed by atoms with E-state index in [2.05, 4.69) is 11.9 Å². The maximum Gasteiger partial charge on any atom is 0.408 e. The highest BCUT2D eigenvalue weighted by Crippen LogP contribution is 2.21. The molecule has 1 amide bonds. The third kappa shape index (κ3) is 7.14. The normalized spacial score (nSPS) is 12.0. The van der Waals surface area contributed by atoms with Crippen LogP contribution in [0.1, 0.15) is 31.9 Å². The van der Waals surface area contributed by atoms with E-state index in [1.54, 1.807) is 45.0 Å².